The average molecular weight is 462 g/mol. The summed E-state index contributed by atoms with van der Waals surface area (Å²) in [7, 11) is -1.84. The molecule has 0 spiro atoms. The van der Waals surface area contributed by atoms with Gasteiger partial charge in [0, 0.05) is 0 Å². The summed E-state index contributed by atoms with van der Waals surface area (Å²) < 4.78 is 12.8. The zero-order chi connectivity index (χ0) is 19.4. The second-order valence-electron chi connectivity index (χ2n) is 7.51. The van der Waals surface area contributed by atoms with Gasteiger partial charge in [-0.25, -0.2) is 0 Å². The predicted octanol–water partition coefficient (Wildman–Crippen LogP) is 3.54. The fourth-order valence-electron chi connectivity index (χ4n) is 3.16. The second kappa shape index (κ2) is 9.02. The van der Waals surface area contributed by atoms with E-state index in [4.69, 9.17) is 20.8 Å². The topological polar surface area (TPSA) is 52.6 Å². The van der Waals surface area contributed by atoms with Crippen LogP contribution in [0.1, 0.15) is 32.6 Å². The van der Waals surface area contributed by atoms with Crippen LogP contribution < -0.4 is 4.46 Å². The first-order valence-corrected chi connectivity index (χ1v) is 14.6. The van der Waals surface area contributed by atoms with Gasteiger partial charge in [0.25, 0.3) is 0 Å². The molecule has 1 fully saturated rings. The van der Waals surface area contributed by atoms with Crippen LogP contribution in [0, 0.1) is 5.41 Å². The summed E-state index contributed by atoms with van der Waals surface area (Å²) in [6.45, 7) is 8.46. The Morgan fingerprint density at radius 3 is 2.46 bits per heavy atom. The summed E-state index contributed by atoms with van der Waals surface area (Å²) in [5.74, 6) is -0.370. The first-order chi connectivity index (χ1) is 12.2. The van der Waals surface area contributed by atoms with E-state index in [0.717, 1.165) is 10.9 Å². The molecule has 0 aliphatic heterocycles. The molecule has 0 amide bonds. The Bertz CT molecular complexity index is 644. The number of hydrogen-bond acceptors (Lipinski definition) is 4. The monoisotopic (exact) mass is 462 g/mol. The van der Waals surface area contributed by atoms with Gasteiger partial charge in [-0.1, -0.05) is 0 Å². The van der Waals surface area contributed by atoms with E-state index >= 15 is 0 Å². The number of benzene rings is 1. The number of ketones is 1. The minimum absolute atomic E-state index is 0.00651. The Kier molecular flexibility index (Phi) is 7.51. The van der Waals surface area contributed by atoms with E-state index < -0.39 is 13.7 Å². The zero-order valence-corrected chi connectivity index (χ0v) is 19.3. The van der Waals surface area contributed by atoms with Crippen molar-refractivity contribution in [2.75, 3.05) is 6.61 Å². The van der Waals surface area contributed by atoms with Crippen molar-refractivity contribution in [2.45, 2.75) is 57.3 Å². The van der Waals surface area contributed by atoms with Gasteiger partial charge < -0.3 is 0 Å². The molecule has 0 N–H and O–H groups in total. The molecule has 1 aliphatic carbocycles. The van der Waals surface area contributed by atoms with E-state index in [1.54, 1.807) is 6.92 Å². The Morgan fingerprint density at radius 2 is 1.96 bits per heavy atom. The number of esters is 1. The van der Waals surface area contributed by atoms with Crippen LogP contribution in [0.2, 0.25) is 24.7 Å². The van der Waals surface area contributed by atoms with Crippen molar-refractivity contribution >= 4 is 51.1 Å². The van der Waals surface area contributed by atoms with Crippen LogP contribution in [0.5, 0.6) is 0 Å². The summed E-state index contributed by atoms with van der Waals surface area (Å²) in [5.41, 5.74) is -1.03. The first kappa shape index (κ1) is 21.6. The molecule has 1 aromatic rings. The molecule has 1 saturated carbocycles. The van der Waals surface area contributed by atoms with Crippen molar-refractivity contribution in [2.24, 2.45) is 5.41 Å². The molecule has 0 heterocycles. The molecule has 26 heavy (non-hydrogen) atoms. The number of Topliss-reactive ketones (excluding diaryl/α,β-unsaturated/α-hetero) is 1. The van der Waals surface area contributed by atoms with Gasteiger partial charge in [-0.05, 0) is 0 Å². The summed E-state index contributed by atoms with van der Waals surface area (Å²) >= 11 is 5.97. The van der Waals surface area contributed by atoms with Gasteiger partial charge in [-0.3, -0.25) is 0 Å². The third-order valence-corrected chi connectivity index (χ3v) is 8.16. The van der Waals surface area contributed by atoms with Gasteiger partial charge in [0.15, 0.2) is 0 Å². The Balaban J connectivity index is 2.26. The van der Waals surface area contributed by atoms with Gasteiger partial charge in [-0.2, -0.15) is 0 Å². The molecular formula is C19H27ClO4SeSi. The van der Waals surface area contributed by atoms with Gasteiger partial charge in [0.1, 0.15) is 0 Å². The number of carbonyl (C=O) groups is 2. The molecule has 144 valence electrons. The number of hydrogen-bond donors (Lipinski definition) is 0. The van der Waals surface area contributed by atoms with Crippen molar-refractivity contribution in [3.05, 3.63) is 29.3 Å². The maximum absolute atomic E-state index is 12.7. The van der Waals surface area contributed by atoms with Crippen molar-refractivity contribution in [3.63, 3.8) is 0 Å². The fourth-order valence-corrected chi connectivity index (χ4v) is 8.35. The quantitative estimate of drug-likeness (QED) is 0.337. The Morgan fingerprint density at radius 1 is 1.31 bits per heavy atom. The molecule has 2 atom stereocenters. The summed E-state index contributed by atoms with van der Waals surface area (Å²) in [4.78, 5) is 25.3. The molecule has 2 unspecified atom stereocenters. The maximum atomic E-state index is 12.7. The summed E-state index contributed by atoms with van der Waals surface area (Å²) in [5, 5.41) is 0.558. The van der Waals surface area contributed by atoms with Crippen LogP contribution in [0.25, 0.3) is 0 Å². The van der Waals surface area contributed by atoms with Crippen LogP contribution >= 0.6 is 11.6 Å². The summed E-state index contributed by atoms with van der Waals surface area (Å²) in [6, 6.07) is 7.73. The summed E-state index contributed by atoms with van der Waals surface area (Å²) in [6.07, 6.45) is 2.17. The van der Waals surface area contributed by atoms with Gasteiger partial charge in [0.05, 0.1) is 0 Å². The fraction of sp³-hybridized carbons (Fsp3) is 0.579. The van der Waals surface area contributed by atoms with Crippen LogP contribution in [0.3, 0.4) is 0 Å². The first-order valence-electron chi connectivity index (χ1n) is 8.97. The molecule has 2 rings (SSSR count). The number of rotatable bonds is 8. The van der Waals surface area contributed by atoms with E-state index in [-0.39, 0.29) is 38.3 Å². The molecule has 1 aromatic carbocycles. The molecule has 0 saturated heterocycles. The van der Waals surface area contributed by atoms with E-state index in [0.29, 0.717) is 24.3 Å². The number of ether oxygens (including phenoxy) is 1. The van der Waals surface area contributed by atoms with Crippen molar-refractivity contribution in [1.82, 2.24) is 0 Å². The van der Waals surface area contributed by atoms with Crippen LogP contribution in [-0.4, -0.2) is 46.6 Å². The molecule has 0 aromatic heterocycles. The van der Waals surface area contributed by atoms with Gasteiger partial charge in [-0.15, -0.1) is 0 Å². The third-order valence-electron chi connectivity index (χ3n) is 4.29. The average Bonchev–Trinajstić information content (AvgIpc) is 2.90. The minimum atomic E-state index is -1.84. The second-order valence-corrected chi connectivity index (χ2v) is 15.0. The zero-order valence-electron chi connectivity index (χ0n) is 15.8. The third kappa shape index (κ3) is 5.67. The van der Waals surface area contributed by atoms with Gasteiger partial charge >= 0.3 is 168 Å². The van der Waals surface area contributed by atoms with Crippen molar-refractivity contribution < 1.29 is 18.8 Å². The molecule has 4 nitrogen and oxygen atoms in total. The van der Waals surface area contributed by atoms with Crippen molar-refractivity contribution in [1.29, 1.82) is 0 Å². The Hall–Kier alpha value is -0.654. The SMILES string of the molecule is CCOC(=O)C1(CC(O[Si](C)(C)C)[Se]c2ccc(Cl)cc2)CCCC1=O. The standard InChI is InChI=1S/C19H27ClO4SeSi/c1-5-23-18(22)19(12-6-7-16(19)21)13-17(24-26(2,3)4)25-15-10-8-14(20)9-11-15/h8-11,17H,5-7,12-13H2,1-4H3. The molecule has 1 aliphatic rings. The molecular weight excluding hydrogens is 435 g/mol. The number of halogens is 1. The normalized spacial score (nSPS) is 21.7. The molecule has 0 radical (unpaired) electrons. The van der Waals surface area contributed by atoms with Crippen LogP contribution in [0.15, 0.2) is 24.3 Å². The van der Waals surface area contributed by atoms with E-state index in [1.807, 2.05) is 24.3 Å². The van der Waals surface area contributed by atoms with E-state index in [2.05, 4.69) is 19.6 Å². The van der Waals surface area contributed by atoms with E-state index in [9.17, 15) is 9.59 Å². The van der Waals surface area contributed by atoms with Crippen molar-refractivity contribution in [3.8, 4) is 0 Å². The Labute approximate surface area is 168 Å². The predicted molar refractivity (Wildman–Crippen MR) is 108 cm³/mol. The van der Waals surface area contributed by atoms with Gasteiger partial charge in [0.2, 0.25) is 0 Å². The number of carbonyl (C=O) groups excluding carboxylic acids is 2. The molecule has 0 bridgehead atoms. The van der Waals surface area contributed by atoms with E-state index in [1.165, 1.54) is 0 Å². The van der Waals surface area contributed by atoms with Crippen LogP contribution in [-0.2, 0) is 18.8 Å². The van der Waals surface area contributed by atoms with Crippen LogP contribution in [0.4, 0.5) is 0 Å². The molecule has 7 heteroatoms.